The van der Waals surface area contributed by atoms with Crippen LogP contribution < -0.4 is 5.32 Å². The topological polar surface area (TPSA) is 15.3 Å². The summed E-state index contributed by atoms with van der Waals surface area (Å²) in [6, 6.07) is 14.0. The Morgan fingerprint density at radius 3 is 2.50 bits per heavy atom. The Morgan fingerprint density at radius 1 is 1.15 bits per heavy atom. The molecule has 1 N–H and O–H groups in total. The van der Waals surface area contributed by atoms with Gasteiger partial charge in [0.25, 0.3) is 0 Å². The van der Waals surface area contributed by atoms with Crippen LogP contribution in [0.4, 0.5) is 0 Å². The van der Waals surface area contributed by atoms with Crippen molar-refractivity contribution in [3.8, 4) is 0 Å². The van der Waals surface area contributed by atoms with Gasteiger partial charge in [0, 0.05) is 31.1 Å². The van der Waals surface area contributed by atoms with E-state index < -0.39 is 0 Å². The first-order valence-electron chi connectivity index (χ1n) is 7.45. The third kappa shape index (κ3) is 2.95. The van der Waals surface area contributed by atoms with E-state index in [2.05, 4.69) is 58.9 Å². The molecule has 3 heteroatoms. The number of nitrogens with one attached hydrogen (secondary N) is 1. The summed E-state index contributed by atoms with van der Waals surface area (Å²) in [5.41, 5.74) is 2.84. The van der Waals surface area contributed by atoms with Crippen LogP contribution in [-0.2, 0) is 6.42 Å². The Balaban J connectivity index is 1.91. The number of hydrogen-bond acceptors (Lipinski definition) is 3. The highest BCUT2D eigenvalue weighted by Crippen LogP contribution is 2.32. The summed E-state index contributed by atoms with van der Waals surface area (Å²) < 4.78 is 0. The highest BCUT2D eigenvalue weighted by Gasteiger charge is 2.24. The minimum atomic E-state index is 0.419. The number of rotatable bonds is 4. The van der Waals surface area contributed by atoms with Gasteiger partial charge >= 0.3 is 0 Å². The molecule has 1 aliphatic rings. The highest BCUT2D eigenvalue weighted by molar-refractivity contribution is 7.10. The van der Waals surface area contributed by atoms with Crippen LogP contribution in [-0.4, -0.2) is 31.1 Å². The van der Waals surface area contributed by atoms with Crippen LogP contribution in [0.25, 0.3) is 0 Å². The molecule has 1 atom stereocenters. The summed E-state index contributed by atoms with van der Waals surface area (Å²) in [4.78, 5) is 4.06. The van der Waals surface area contributed by atoms with Gasteiger partial charge in [-0.15, -0.1) is 11.3 Å². The van der Waals surface area contributed by atoms with E-state index in [1.807, 2.05) is 11.3 Å². The third-order valence-electron chi connectivity index (χ3n) is 4.03. The molecule has 0 radical (unpaired) electrons. The lowest BCUT2D eigenvalue weighted by atomic mass is 10.0. The molecule has 0 spiro atoms. The lowest BCUT2D eigenvalue weighted by molar-refractivity contribution is 0.200. The van der Waals surface area contributed by atoms with Crippen molar-refractivity contribution in [2.75, 3.05) is 26.2 Å². The fraction of sp³-hybridized carbons (Fsp3) is 0.412. The number of thiophene rings is 1. The molecule has 0 saturated carbocycles. The zero-order chi connectivity index (χ0) is 13.8. The van der Waals surface area contributed by atoms with Crippen LogP contribution >= 0.6 is 11.3 Å². The number of aryl methyl sites for hydroxylation is 1. The van der Waals surface area contributed by atoms with Crippen molar-refractivity contribution >= 4 is 11.3 Å². The second kappa shape index (κ2) is 6.53. The van der Waals surface area contributed by atoms with Gasteiger partial charge in [0.15, 0.2) is 0 Å². The fourth-order valence-electron chi connectivity index (χ4n) is 2.88. The number of hydrogen-bond donors (Lipinski definition) is 1. The third-order valence-corrected chi connectivity index (χ3v) is 4.96. The van der Waals surface area contributed by atoms with Crippen LogP contribution in [0.15, 0.2) is 41.8 Å². The molecule has 0 unspecified atom stereocenters. The molecule has 2 heterocycles. The summed E-state index contributed by atoms with van der Waals surface area (Å²) in [5, 5.41) is 5.63. The SMILES string of the molecule is CCc1ccc([C@H](c2cccs2)N2CCNCC2)cc1. The summed E-state index contributed by atoms with van der Waals surface area (Å²) in [6.45, 7) is 6.64. The lowest BCUT2D eigenvalue weighted by Gasteiger charge is -2.34. The average Bonchev–Trinajstić information content (AvgIpc) is 3.03. The molecule has 3 rings (SSSR count). The Morgan fingerprint density at radius 2 is 1.90 bits per heavy atom. The second-order valence-corrected chi connectivity index (χ2v) is 6.28. The predicted octanol–water partition coefficient (Wildman–Crippen LogP) is 3.31. The van der Waals surface area contributed by atoms with E-state index in [-0.39, 0.29) is 0 Å². The number of nitrogens with zero attached hydrogens (tertiary/aromatic N) is 1. The molecule has 20 heavy (non-hydrogen) atoms. The molecule has 0 bridgehead atoms. The predicted molar refractivity (Wildman–Crippen MR) is 86.4 cm³/mol. The van der Waals surface area contributed by atoms with Gasteiger partial charge in [-0.3, -0.25) is 4.90 Å². The van der Waals surface area contributed by atoms with Crippen LogP contribution in [0.3, 0.4) is 0 Å². The summed E-state index contributed by atoms with van der Waals surface area (Å²) >= 11 is 1.87. The standard InChI is InChI=1S/C17H22N2S/c1-2-14-5-7-15(8-6-14)17(16-4-3-13-20-16)19-11-9-18-10-12-19/h3-8,13,17-18H,2,9-12H2,1H3/t17-/m1/s1. The van der Waals surface area contributed by atoms with E-state index in [9.17, 15) is 0 Å². The zero-order valence-corrected chi connectivity index (χ0v) is 12.8. The first kappa shape index (κ1) is 13.8. The van der Waals surface area contributed by atoms with Gasteiger partial charge in [-0.2, -0.15) is 0 Å². The molecule has 0 aliphatic carbocycles. The summed E-state index contributed by atoms with van der Waals surface area (Å²) in [7, 11) is 0. The molecule has 2 aromatic rings. The maximum absolute atomic E-state index is 3.45. The normalized spacial score (nSPS) is 18.1. The van der Waals surface area contributed by atoms with Crippen LogP contribution in [0, 0.1) is 0 Å². The molecule has 2 nitrogen and oxygen atoms in total. The van der Waals surface area contributed by atoms with Crippen molar-refractivity contribution in [2.45, 2.75) is 19.4 Å². The van der Waals surface area contributed by atoms with E-state index in [1.165, 1.54) is 16.0 Å². The van der Waals surface area contributed by atoms with Gasteiger partial charge in [-0.25, -0.2) is 0 Å². The first-order chi connectivity index (χ1) is 9.88. The Bertz CT molecular complexity index is 512. The van der Waals surface area contributed by atoms with E-state index in [4.69, 9.17) is 0 Å². The Kier molecular flexibility index (Phi) is 4.51. The Labute approximate surface area is 125 Å². The van der Waals surface area contributed by atoms with Crippen molar-refractivity contribution in [2.24, 2.45) is 0 Å². The maximum atomic E-state index is 3.45. The van der Waals surface area contributed by atoms with Crippen molar-refractivity contribution in [1.29, 1.82) is 0 Å². The monoisotopic (exact) mass is 286 g/mol. The number of piperazine rings is 1. The highest BCUT2D eigenvalue weighted by atomic mass is 32.1. The van der Waals surface area contributed by atoms with Gasteiger partial charge in [-0.05, 0) is 29.0 Å². The zero-order valence-electron chi connectivity index (χ0n) is 12.0. The van der Waals surface area contributed by atoms with E-state index in [0.29, 0.717) is 6.04 Å². The van der Waals surface area contributed by atoms with Crippen molar-refractivity contribution in [3.05, 3.63) is 57.8 Å². The van der Waals surface area contributed by atoms with Crippen molar-refractivity contribution in [3.63, 3.8) is 0 Å². The molecule has 1 saturated heterocycles. The van der Waals surface area contributed by atoms with Crippen molar-refractivity contribution in [1.82, 2.24) is 10.2 Å². The first-order valence-corrected chi connectivity index (χ1v) is 8.33. The minimum absolute atomic E-state index is 0.419. The Hall–Kier alpha value is -1.16. The summed E-state index contributed by atoms with van der Waals surface area (Å²) in [6.07, 6.45) is 1.11. The maximum Gasteiger partial charge on any atom is 0.0696 e. The van der Waals surface area contributed by atoms with Crippen LogP contribution in [0.1, 0.15) is 29.0 Å². The van der Waals surface area contributed by atoms with Crippen molar-refractivity contribution < 1.29 is 0 Å². The largest absolute Gasteiger partial charge is 0.314 e. The minimum Gasteiger partial charge on any atom is -0.314 e. The second-order valence-electron chi connectivity index (χ2n) is 5.30. The van der Waals surface area contributed by atoms with E-state index in [1.54, 1.807) is 0 Å². The molecular formula is C17H22N2S. The molecule has 1 fully saturated rings. The van der Waals surface area contributed by atoms with Gasteiger partial charge in [0.05, 0.1) is 6.04 Å². The average molecular weight is 286 g/mol. The van der Waals surface area contributed by atoms with E-state index in [0.717, 1.165) is 32.6 Å². The smallest absolute Gasteiger partial charge is 0.0696 e. The number of benzene rings is 1. The van der Waals surface area contributed by atoms with Gasteiger partial charge in [-0.1, -0.05) is 37.3 Å². The molecule has 1 aromatic heterocycles. The fourth-order valence-corrected chi connectivity index (χ4v) is 3.76. The molecule has 1 aromatic carbocycles. The van der Waals surface area contributed by atoms with Crippen LogP contribution in [0.5, 0.6) is 0 Å². The molecule has 106 valence electrons. The van der Waals surface area contributed by atoms with E-state index >= 15 is 0 Å². The lowest BCUT2D eigenvalue weighted by Crippen LogP contribution is -2.45. The molecule has 1 aliphatic heterocycles. The van der Waals surface area contributed by atoms with Crippen LogP contribution in [0.2, 0.25) is 0 Å². The molecule has 0 amide bonds. The van der Waals surface area contributed by atoms with Gasteiger partial charge < -0.3 is 5.32 Å². The van der Waals surface area contributed by atoms with Gasteiger partial charge in [0.1, 0.15) is 0 Å². The molecular weight excluding hydrogens is 264 g/mol. The quantitative estimate of drug-likeness (QED) is 0.927. The summed E-state index contributed by atoms with van der Waals surface area (Å²) in [5.74, 6) is 0. The van der Waals surface area contributed by atoms with Gasteiger partial charge in [0.2, 0.25) is 0 Å².